The van der Waals surface area contributed by atoms with Gasteiger partial charge in [-0.3, -0.25) is 19.0 Å². The van der Waals surface area contributed by atoms with Crippen LogP contribution in [-0.2, 0) is 20.0 Å². The highest BCUT2D eigenvalue weighted by Gasteiger charge is 2.02. The Balaban J connectivity index is 2.17. The third kappa shape index (κ3) is 2.44. The molecule has 0 fully saturated rings. The van der Waals surface area contributed by atoms with Crippen molar-refractivity contribution in [3.8, 4) is 0 Å². The van der Waals surface area contributed by atoms with Crippen LogP contribution in [0.3, 0.4) is 0 Å². The van der Waals surface area contributed by atoms with Gasteiger partial charge in [0.05, 0.1) is 6.20 Å². The van der Waals surface area contributed by atoms with Crippen LogP contribution in [0.25, 0.3) is 0 Å². The number of anilines is 1. The fourth-order valence-electron chi connectivity index (χ4n) is 1.54. The van der Waals surface area contributed by atoms with Crippen LogP contribution in [-0.4, -0.2) is 19.3 Å². The smallest absolute Gasteiger partial charge is 0.328 e. The fraction of sp³-hybridized carbons (Fsp3) is 0.300. The van der Waals surface area contributed by atoms with Gasteiger partial charge >= 0.3 is 5.69 Å². The molecule has 0 aliphatic carbocycles. The molecule has 2 heterocycles. The maximum atomic E-state index is 11.4. The zero-order valence-corrected chi connectivity index (χ0v) is 9.38. The maximum Gasteiger partial charge on any atom is 0.328 e. The average Bonchev–Trinajstić information content (AvgIpc) is 2.68. The highest BCUT2D eigenvalue weighted by atomic mass is 16.2. The summed E-state index contributed by atoms with van der Waals surface area (Å²) in [5.41, 5.74) is 5.50. The average molecular weight is 235 g/mol. The number of rotatable bonds is 3. The second kappa shape index (κ2) is 4.28. The lowest BCUT2D eigenvalue weighted by molar-refractivity contribution is 0.646. The van der Waals surface area contributed by atoms with Crippen LogP contribution in [0.4, 0.5) is 5.69 Å². The third-order valence-electron chi connectivity index (χ3n) is 2.44. The predicted molar refractivity (Wildman–Crippen MR) is 62.6 cm³/mol. The van der Waals surface area contributed by atoms with E-state index in [4.69, 9.17) is 5.73 Å². The molecule has 3 N–H and O–H groups in total. The van der Waals surface area contributed by atoms with Gasteiger partial charge in [-0.15, -0.1) is 0 Å². The topological polar surface area (TPSA) is 98.7 Å². The normalized spacial score (nSPS) is 10.6. The van der Waals surface area contributed by atoms with E-state index in [2.05, 4.69) is 10.1 Å². The van der Waals surface area contributed by atoms with Gasteiger partial charge in [0.25, 0.3) is 5.56 Å². The predicted octanol–water partition coefficient (Wildman–Crippen LogP) is -0.905. The SMILES string of the molecule is Cn1cc(CCn2cc(N)c(=O)[nH]c2=O)cn1. The molecule has 17 heavy (non-hydrogen) atoms. The van der Waals surface area contributed by atoms with Crippen LogP contribution in [0.5, 0.6) is 0 Å². The summed E-state index contributed by atoms with van der Waals surface area (Å²) in [4.78, 5) is 24.7. The Labute approximate surface area is 96.5 Å². The van der Waals surface area contributed by atoms with Crippen molar-refractivity contribution in [3.05, 3.63) is 45.0 Å². The zero-order valence-electron chi connectivity index (χ0n) is 9.38. The largest absolute Gasteiger partial charge is 0.393 e. The van der Waals surface area contributed by atoms with Gasteiger partial charge in [0.1, 0.15) is 5.69 Å². The minimum Gasteiger partial charge on any atom is -0.393 e. The Bertz CT molecular complexity index is 637. The number of hydrogen-bond donors (Lipinski definition) is 2. The molecule has 0 unspecified atom stereocenters. The number of aryl methyl sites for hydroxylation is 3. The van der Waals surface area contributed by atoms with E-state index in [1.54, 1.807) is 10.9 Å². The minimum atomic E-state index is -0.548. The molecule has 0 saturated heterocycles. The van der Waals surface area contributed by atoms with Gasteiger partial charge < -0.3 is 5.73 Å². The molecule has 7 heteroatoms. The number of H-pyrrole nitrogens is 1. The molecular formula is C10H13N5O2. The first-order valence-corrected chi connectivity index (χ1v) is 5.13. The Kier molecular flexibility index (Phi) is 2.82. The van der Waals surface area contributed by atoms with Crippen LogP contribution in [0.2, 0.25) is 0 Å². The molecule has 2 rings (SSSR count). The zero-order chi connectivity index (χ0) is 12.4. The molecule has 7 nitrogen and oxygen atoms in total. The van der Waals surface area contributed by atoms with E-state index >= 15 is 0 Å². The minimum absolute atomic E-state index is 0.0378. The molecule has 2 aromatic heterocycles. The molecule has 0 saturated carbocycles. The Morgan fingerprint density at radius 3 is 2.82 bits per heavy atom. The first kappa shape index (κ1) is 11.2. The van der Waals surface area contributed by atoms with Crippen LogP contribution in [0, 0.1) is 0 Å². The lowest BCUT2D eigenvalue weighted by Gasteiger charge is -2.04. The number of nitrogens with one attached hydrogen (secondary N) is 1. The quantitative estimate of drug-likeness (QED) is 0.719. The van der Waals surface area contributed by atoms with Crippen molar-refractivity contribution in [3.63, 3.8) is 0 Å². The summed E-state index contributed by atoms with van der Waals surface area (Å²) in [7, 11) is 1.83. The van der Waals surface area contributed by atoms with Crippen molar-refractivity contribution in [1.82, 2.24) is 19.3 Å². The van der Waals surface area contributed by atoms with Crippen molar-refractivity contribution >= 4 is 5.69 Å². The first-order valence-electron chi connectivity index (χ1n) is 5.13. The Hall–Kier alpha value is -2.31. The molecule has 2 aromatic rings. The van der Waals surface area contributed by atoms with Crippen molar-refractivity contribution < 1.29 is 0 Å². The molecule has 0 aliphatic rings. The number of hydrogen-bond acceptors (Lipinski definition) is 4. The summed E-state index contributed by atoms with van der Waals surface area (Å²) in [6, 6.07) is 0. The molecular weight excluding hydrogens is 222 g/mol. The van der Waals surface area contributed by atoms with Gasteiger partial charge in [-0.25, -0.2) is 4.79 Å². The molecule has 0 atom stereocenters. The van der Waals surface area contributed by atoms with Gasteiger partial charge in [0, 0.05) is 26.0 Å². The highest BCUT2D eigenvalue weighted by molar-refractivity contribution is 5.30. The lowest BCUT2D eigenvalue weighted by atomic mass is 10.2. The summed E-state index contributed by atoms with van der Waals surface area (Å²) in [6.45, 7) is 0.450. The van der Waals surface area contributed by atoms with Crippen LogP contribution in [0.1, 0.15) is 5.56 Å². The fourth-order valence-corrected chi connectivity index (χ4v) is 1.54. The maximum absolute atomic E-state index is 11.4. The Morgan fingerprint density at radius 2 is 2.18 bits per heavy atom. The summed E-state index contributed by atoms with van der Waals surface area (Å²) < 4.78 is 3.07. The van der Waals surface area contributed by atoms with E-state index in [1.165, 1.54) is 10.8 Å². The second-order valence-corrected chi connectivity index (χ2v) is 3.81. The van der Waals surface area contributed by atoms with Crippen LogP contribution in [0.15, 0.2) is 28.2 Å². The summed E-state index contributed by atoms with van der Waals surface area (Å²) in [5.74, 6) is 0. The van der Waals surface area contributed by atoms with Crippen LogP contribution < -0.4 is 17.0 Å². The van der Waals surface area contributed by atoms with E-state index in [0.29, 0.717) is 13.0 Å². The van der Waals surface area contributed by atoms with Gasteiger partial charge in [-0.05, 0) is 12.0 Å². The van der Waals surface area contributed by atoms with Gasteiger partial charge in [0.2, 0.25) is 0 Å². The molecule has 0 bridgehead atoms. The number of nitrogen functional groups attached to an aromatic ring is 1. The van der Waals surface area contributed by atoms with Crippen molar-refractivity contribution in [2.75, 3.05) is 5.73 Å². The van der Waals surface area contributed by atoms with Gasteiger partial charge in [0.15, 0.2) is 0 Å². The molecule has 0 aliphatic heterocycles. The number of nitrogens with two attached hydrogens (primary N) is 1. The van der Waals surface area contributed by atoms with E-state index in [0.717, 1.165) is 5.56 Å². The molecule has 0 radical (unpaired) electrons. The van der Waals surface area contributed by atoms with E-state index < -0.39 is 11.2 Å². The van der Waals surface area contributed by atoms with Crippen LogP contribution >= 0.6 is 0 Å². The van der Waals surface area contributed by atoms with E-state index in [-0.39, 0.29) is 5.69 Å². The second-order valence-electron chi connectivity index (χ2n) is 3.81. The number of aromatic amines is 1. The molecule has 0 spiro atoms. The molecule has 0 aromatic carbocycles. The monoisotopic (exact) mass is 235 g/mol. The van der Waals surface area contributed by atoms with E-state index in [9.17, 15) is 9.59 Å². The Morgan fingerprint density at radius 1 is 1.41 bits per heavy atom. The number of aromatic nitrogens is 4. The summed E-state index contributed by atoms with van der Waals surface area (Å²) in [6.07, 6.45) is 5.62. The number of nitrogens with zero attached hydrogens (tertiary/aromatic N) is 3. The molecule has 90 valence electrons. The highest BCUT2D eigenvalue weighted by Crippen LogP contribution is 1.99. The van der Waals surface area contributed by atoms with Gasteiger partial charge in [-0.1, -0.05) is 0 Å². The third-order valence-corrected chi connectivity index (χ3v) is 2.44. The van der Waals surface area contributed by atoms with Gasteiger partial charge in [-0.2, -0.15) is 5.10 Å². The molecule has 0 amide bonds. The lowest BCUT2D eigenvalue weighted by Crippen LogP contribution is -2.31. The summed E-state index contributed by atoms with van der Waals surface area (Å²) >= 11 is 0. The van der Waals surface area contributed by atoms with Crippen molar-refractivity contribution in [2.24, 2.45) is 7.05 Å². The van der Waals surface area contributed by atoms with E-state index in [1.807, 2.05) is 13.2 Å². The van der Waals surface area contributed by atoms with Crippen molar-refractivity contribution in [1.29, 1.82) is 0 Å². The first-order chi connectivity index (χ1) is 8.06. The van der Waals surface area contributed by atoms with Crippen molar-refractivity contribution in [2.45, 2.75) is 13.0 Å². The standard InChI is InChI=1S/C10H13N5O2/c1-14-5-7(4-12-14)2-3-15-6-8(11)9(16)13-10(15)17/h4-6H,2-3,11H2,1H3,(H,13,16,17). The summed E-state index contributed by atoms with van der Waals surface area (Å²) in [5, 5.41) is 4.03.